The summed E-state index contributed by atoms with van der Waals surface area (Å²) in [5.41, 5.74) is 0. The first kappa shape index (κ1) is 15.3. The lowest BCUT2D eigenvalue weighted by Crippen LogP contribution is -2.44. The minimum absolute atomic E-state index is 0.401. The summed E-state index contributed by atoms with van der Waals surface area (Å²) in [5.74, 6) is 0.486. The molecule has 1 fully saturated rings. The largest absolute Gasteiger partial charge is 0.337 e. The molecule has 0 bridgehead atoms. The maximum Gasteiger partial charge on any atom is 0.328 e. The number of nitrogens with one attached hydrogen (secondary N) is 2. The summed E-state index contributed by atoms with van der Waals surface area (Å²) in [6.07, 6.45) is 5.12. The Morgan fingerprint density at radius 1 is 1.22 bits per heavy atom. The standard InChI is InChI=1S/C12H24N2O3S/c1-10(2)8-9-13-12(15)14-18(16,17)11-6-4-3-5-7-11/h10-11H,3-9H2,1-2H3,(H2,13,14,15). The van der Waals surface area contributed by atoms with E-state index in [2.05, 4.69) is 23.9 Å². The molecule has 106 valence electrons. The fourth-order valence-corrected chi connectivity index (χ4v) is 3.55. The fraction of sp³-hybridized carbons (Fsp3) is 0.917. The Kier molecular flexibility index (Phi) is 5.91. The summed E-state index contributed by atoms with van der Waals surface area (Å²) in [6, 6.07) is -0.596. The van der Waals surface area contributed by atoms with Gasteiger partial charge in [0.05, 0.1) is 5.25 Å². The summed E-state index contributed by atoms with van der Waals surface area (Å²) in [5, 5.41) is 2.18. The second-order valence-electron chi connectivity index (χ2n) is 5.35. The molecule has 0 aliphatic heterocycles. The summed E-state index contributed by atoms with van der Waals surface area (Å²) in [4.78, 5) is 11.5. The third-order valence-electron chi connectivity index (χ3n) is 3.23. The topological polar surface area (TPSA) is 75.3 Å². The van der Waals surface area contributed by atoms with E-state index >= 15 is 0 Å². The zero-order chi connectivity index (χ0) is 13.6. The van der Waals surface area contributed by atoms with Crippen LogP contribution in [0.5, 0.6) is 0 Å². The van der Waals surface area contributed by atoms with Crippen molar-refractivity contribution in [1.82, 2.24) is 10.0 Å². The smallest absolute Gasteiger partial charge is 0.328 e. The highest BCUT2D eigenvalue weighted by molar-refractivity contribution is 7.90. The maximum atomic E-state index is 11.9. The summed E-state index contributed by atoms with van der Waals surface area (Å²) < 4.78 is 26.0. The van der Waals surface area contributed by atoms with Gasteiger partial charge in [0.15, 0.2) is 0 Å². The van der Waals surface area contributed by atoms with Crippen molar-refractivity contribution in [2.75, 3.05) is 6.54 Å². The van der Waals surface area contributed by atoms with E-state index in [9.17, 15) is 13.2 Å². The van der Waals surface area contributed by atoms with E-state index in [1.165, 1.54) is 0 Å². The second-order valence-corrected chi connectivity index (χ2v) is 7.31. The van der Waals surface area contributed by atoms with Crippen LogP contribution in [0, 0.1) is 5.92 Å². The highest BCUT2D eigenvalue weighted by atomic mass is 32.2. The molecule has 1 saturated carbocycles. The Hall–Kier alpha value is -0.780. The van der Waals surface area contributed by atoms with Crippen molar-refractivity contribution in [2.24, 2.45) is 5.92 Å². The zero-order valence-electron chi connectivity index (χ0n) is 11.2. The quantitative estimate of drug-likeness (QED) is 0.806. The van der Waals surface area contributed by atoms with Crippen LogP contribution >= 0.6 is 0 Å². The molecule has 0 atom stereocenters. The molecule has 0 heterocycles. The van der Waals surface area contributed by atoms with Crippen LogP contribution in [-0.2, 0) is 10.0 Å². The lowest BCUT2D eigenvalue weighted by Gasteiger charge is -2.21. The van der Waals surface area contributed by atoms with Gasteiger partial charge in [0.2, 0.25) is 10.0 Å². The van der Waals surface area contributed by atoms with E-state index in [0.717, 1.165) is 25.7 Å². The SMILES string of the molecule is CC(C)CCNC(=O)NS(=O)(=O)C1CCCCC1. The molecule has 0 radical (unpaired) electrons. The van der Waals surface area contributed by atoms with Gasteiger partial charge < -0.3 is 5.32 Å². The molecule has 5 nitrogen and oxygen atoms in total. The van der Waals surface area contributed by atoms with Crippen LogP contribution in [0.25, 0.3) is 0 Å². The molecule has 2 amide bonds. The molecule has 18 heavy (non-hydrogen) atoms. The zero-order valence-corrected chi connectivity index (χ0v) is 12.1. The van der Waals surface area contributed by atoms with Gasteiger partial charge in [-0.3, -0.25) is 0 Å². The molecule has 0 unspecified atom stereocenters. The van der Waals surface area contributed by atoms with Crippen LogP contribution in [0.15, 0.2) is 0 Å². The van der Waals surface area contributed by atoms with Crippen LogP contribution in [0.1, 0.15) is 52.4 Å². The molecular formula is C12H24N2O3S. The van der Waals surface area contributed by atoms with E-state index in [0.29, 0.717) is 25.3 Å². The van der Waals surface area contributed by atoms with E-state index in [1.54, 1.807) is 0 Å². The van der Waals surface area contributed by atoms with Crippen LogP contribution in [0.4, 0.5) is 4.79 Å². The van der Waals surface area contributed by atoms with Crippen molar-refractivity contribution in [2.45, 2.75) is 57.6 Å². The highest BCUT2D eigenvalue weighted by Crippen LogP contribution is 2.22. The van der Waals surface area contributed by atoms with Gasteiger partial charge in [-0.05, 0) is 25.2 Å². The molecule has 0 aromatic rings. The first-order valence-electron chi connectivity index (χ1n) is 6.71. The van der Waals surface area contributed by atoms with Crippen molar-refractivity contribution < 1.29 is 13.2 Å². The van der Waals surface area contributed by atoms with Crippen molar-refractivity contribution >= 4 is 16.1 Å². The second kappa shape index (κ2) is 6.97. The number of hydrogen-bond acceptors (Lipinski definition) is 3. The Bertz CT molecular complexity index is 360. The molecule has 6 heteroatoms. The summed E-state index contributed by atoms with van der Waals surface area (Å²) in [6.45, 7) is 4.61. The number of carbonyl (C=O) groups is 1. The molecule has 0 spiro atoms. The number of hydrogen-bond donors (Lipinski definition) is 2. The van der Waals surface area contributed by atoms with Crippen molar-refractivity contribution in [3.8, 4) is 0 Å². The Labute approximate surface area is 110 Å². The molecule has 2 N–H and O–H groups in total. The van der Waals surface area contributed by atoms with Crippen LogP contribution in [-0.4, -0.2) is 26.2 Å². The van der Waals surface area contributed by atoms with Gasteiger partial charge in [-0.15, -0.1) is 0 Å². The van der Waals surface area contributed by atoms with Gasteiger partial charge >= 0.3 is 6.03 Å². The maximum absolute atomic E-state index is 11.9. The van der Waals surface area contributed by atoms with Gasteiger partial charge in [0.1, 0.15) is 0 Å². The van der Waals surface area contributed by atoms with E-state index < -0.39 is 21.3 Å². The first-order chi connectivity index (χ1) is 8.42. The monoisotopic (exact) mass is 276 g/mol. The Morgan fingerprint density at radius 2 is 1.83 bits per heavy atom. The molecule has 1 aliphatic rings. The molecule has 1 aliphatic carbocycles. The van der Waals surface area contributed by atoms with Gasteiger partial charge in [0.25, 0.3) is 0 Å². The number of urea groups is 1. The van der Waals surface area contributed by atoms with Crippen LogP contribution < -0.4 is 10.0 Å². The average molecular weight is 276 g/mol. The third-order valence-corrected chi connectivity index (χ3v) is 5.05. The summed E-state index contributed by atoms with van der Waals surface area (Å²) >= 11 is 0. The van der Waals surface area contributed by atoms with Crippen molar-refractivity contribution in [3.05, 3.63) is 0 Å². The minimum Gasteiger partial charge on any atom is -0.337 e. The van der Waals surface area contributed by atoms with Crippen LogP contribution in [0.3, 0.4) is 0 Å². The first-order valence-corrected chi connectivity index (χ1v) is 8.26. The lowest BCUT2D eigenvalue weighted by molar-refractivity contribution is 0.245. The third kappa shape index (κ3) is 5.25. The number of rotatable bonds is 5. The van der Waals surface area contributed by atoms with Gasteiger partial charge in [-0.1, -0.05) is 33.1 Å². The molecule has 1 rings (SSSR count). The predicted molar refractivity (Wildman–Crippen MR) is 71.8 cm³/mol. The van der Waals surface area contributed by atoms with E-state index in [1.807, 2.05) is 0 Å². The molecular weight excluding hydrogens is 252 g/mol. The van der Waals surface area contributed by atoms with Gasteiger partial charge in [-0.25, -0.2) is 17.9 Å². The molecule has 0 aromatic heterocycles. The summed E-state index contributed by atoms with van der Waals surface area (Å²) in [7, 11) is -3.50. The Balaban J connectivity index is 2.37. The van der Waals surface area contributed by atoms with Gasteiger partial charge in [0, 0.05) is 6.54 Å². The lowest BCUT2D eigenvalue weighted by atomic mass is 10.0. The van der Waals surface area contributed by atoms with E-state index in [4.69, 9.17) is 0 Å². The minimum atomic E-state index is -3.50. The number of amides is 2. The predicted octanol–water partition coefficient (Wildman–Crippen LogP) is 1.99. The average Bonchev–Trinajstić information content (AvgIpc) is 2.29. The van der Waals surface area contributed by atoms with Crippen molar-refractivity contribution in [1.29, 1.82) is 0 Å². The molecule has 0 saturated heterocycles. The normalized spacial score (nSPS) is 17.7. The number of sulfonamides is 1. The van der Waals surface area contributed by atoms with Crippen molar-refractivity contribution in [3.63, 3.8) is 0 Å². The van der Waals surface area contributed by atoms with Gasteiger partial charge in [-0.2, -0.15) is 0 Å². The molecule has 0 aromatic carbocycles. The number of carbonyl (C=O) groups excluding carboxylic acids is 1. The Morgan fingerprint density at radius 3 is 2.39 bits per heavy atom. The highest BCUT2D eigenvalue weighted by Gasteiger charge is 2.28. The van der Waals surface area contributed by atoms with Crippen LogP contribution in [0.2, 0.25) is 0 Å². The fourth-order valence-electron chi connectivity index (χ4n) is 2.10. The van der Waals surface area contributed by atoms with E-state index in [-0.39, 0.29) is 0 Å².